The summed E-state index contributed by atoms with van der Waals surface area (Å²) < 4.78 is 11.7. The molecule has 5 nitrogen and oxygen atoms in total. The Bertz CT molecular complexity index is 1030. The maximum Gasteiger partial charge on any atom is 0.283 e. The third-order valence-corrected chi connectivity index (χ3v) is 5.73. The van der Waals surface area contributed by atoms with Crippen molar-refractivity contribution in [3.05, 3.63) is 82.9 Å². The Hall–Kier alpha value is -2.51. The maximum atomic E-state index is 5.63. The highest BCUT2D eigenvalue weighted by atomic mass is 79.9. The molecule has 1 atom stereocenters. The van der Waals surface area contributed by atoms with Gasteiger partial charge in [-0.05, 0) is 64.8 Å². The Morgan fingerprint density at radius 1 is 0.964 bits per heavy atom. The summed E-state index contributed by atoms with van der Waals surface area (Å²) in [6, 6.07) is 22.4. The second kappa shape index (κ2) is 8.67. The normalized spacial score (nSPS) is 12.1. The molecule has 0 saturated carbocycles. The van der Waals surface area contributed by atoms with Gasteiger partial charge in [-0.1, -0.05) is 30.3 Å². The number of hydrogen-bond donors (Lipinski definition) is 1. The molecule has 0 aliphatic heterocycles. The molecular weight excluding hydrogens is 438 g/mol. The van der Waals surface area contributed by atoms with Crippen LogP contribution >= 0.6 is 27.7 Å². The van der Waals surface area contributed by atoms with Crippen LogP contribution in [-0.4, -0.2) is 10.2 Å². The van der Waals surface area contributed by atoms with Crippen LogP contribution in [0.25, 0.3) is 11.7 Å². The molecule has 4 rings (SSSR count). The molecule has 0 aliphatic carbocycles. The minimum absolute atomic E-state index is 0.365. The fourth-order valence-corrected chi connectivity index (χ4v) is 4.00. The summed E-state index contributed by atoms with van der Waals surface area (Å²) in [5.41, 5.74) is 2.28. The van der Waals surface area contributed by atoms with Crippen LogP contribution in [0.15, 0.2) is 85.1 Å². The SMILES string of the molecule is CC(Sc1ccccc1)c1ccc(NCc2nnc(-c3ccc(Br)o3)o2)cc1. The summed E-state index contributed by atoms with van der Waals surface area (Å²) >= 11 is 5.11. The summed E-state index contributed by atoms with van der Waals surface area (Å²) in [5, 5.41) is 11.7. The van der Waals surface area contributed by atoms with Crippen molar-refractivity contribution >= 4 is 33.4 Å². The van der Waals surface area contributed by atoms with Crippen molar-refractivity contribution in [3.8, 4) is 11.7 Å². The molecule has 0 saturated heterocycles. The van der Waals surface area contributed by atoms with E-state index in [-0.39, 0.29) is 0 Å². The number of thioether (sulfide) groups is 1. The average molecular weight is 456 g/mol. The molecule has 4 aromatic rings. The molecule has 0 bridgehead atoms. The van der Waals surface area contributed by atoms with Crippen molar-refractivity contribution in [2.24, 2.45) is 0 Å². The van der Waals surface area contributed by atoms with Gasteiger partial charge in [0.2, 0.25) is 5.89 Å². The van der Waals surface area contributed by atoms with Crippen LogP contribution in [0.1, 0.15) is 23.6 Å². The molecule has 7 heteroatoms. The first-order valence-corrected chi connectivity index (χ1v) is 10.5. The van der Waals surface area contributed by atoms with Gasteiger partial charge in [-0.2, -0.15) is 0 Å². The van der Waals surface area contributed by atoms with Crippen LogP contribution in [-0.2, 0) is 6.54 Å². The molecule has 0 radical (unpaired) electrons. The van der Waals surface area contributed by atoms with E-state index in [1.807, 2.05) is 17.8 Å². The second-order valence-corrected chi connectivity index (χ2v) is 8.35. The zero-order chi connectivity index (χ0) is 19.3. The van der Waals surface area contributed by atoms with Gasteiger partial charge in [0.05, 0.1) is 6.54 Å². The Morgan fingerprint density at radius 2 is 1.75 bits per heavy atom. The minimum Gasteiger partial charge on any atom is -0.444 e. The summed E-state index contributed by atoms with van der Waals surface area (Å²) in [6.45, 7) is 2.66. The molecule has 1 N–H and O–H groups in total. The molecule has 0 amide bonds. The number of nitrogens with one attached hydrogen (secondary N) is 1. The van der Waals surface area contributed by atoms with Gasteiger partial charge < -0.3 is 14.2 Å². The average Bonchev–Trinajstić information content (AvgIpc) is 3.36. The van der Waals surface area contributed by atoms with Gasteiger partial charge in [0.1, 0.15) is 0 Å². The number of rotatable bonds is 7. The monoisotopic (exact) mass is 455 g/mol. The van der Waals surface area contributed by atoms with Crippen molar-refractivity contribution in [1.29, 1.82) is 0 Å². The number of furan rings is 1. The van der Waals surface area contributed by atoms with Crippen LogP contribution in [0.3, 0.4) is 0 Å². The second-order valence-electron chi connectivity index (χ2n) is 6.15. The predicted molar refractivity (Wildman–Crippen MR) is 114 cm³/mol. The molecule has 2 aromatic carbocycles. The fourth-order valence-electron chi connectivity index (χ4n) is 2.67. The number of nitrogens with zero attached hydrogens (tertiary/aromatic N) is 2. The predicted octanol–water partition coefficient (Wildman–Crippen LogP) is 6.56. The zero-order valence-electron chi connectivity index (χ0n) is 15.1. The standard InChI is InChI=1S/C21H18BrN3O2S/c1-14(28-17-5-3-2-4-6-17)15-7-9-16(10-8-15)23-13-20-24-25-21(27-20)18-11-12-19(22)26-18/h2-12,14,23H,13H2,1H3. The minimum atomic E-state index is 0.365. The van der Waals surface area contributed by atoms with Gasteiger partial charge in [-0.15, -0.1) is 22.0 Å². The first-order chi connectivity index (χ1) is 13.7. The Kier molecular flexibility index (Phi) is 5.83. The quantitative estimate of drug-likeness (QED) is 0.318. The lowest BCUT2D eigenvalue weighted by Crippen LogP contribution is -2.00. The van der Waals surface area contributed by atoms with E-state index in [1.165, 1.54) is 10.5 Å². The van der Waals surface area contributed by atoms with Gasteiger partial charge in [0.15, 0.2) is 10.4 Å². The topological polar surface area (TPSA) is 64.1 Å². The van der Waals surface area contributed by atoms with Crippen molar-refractivity contribution < 1.29 is 8.83 Å². The van der Waals surface area contributed by atoms with Crippen molar-refractivity contribution in [3.63, 3.8) is 0 Å². The van der Waals surface area contributed by atoms with Crippen LogP contribution in [0.4, 0.5) is 5.69 Å². The molecule has 2 heterocycles. The Labute approximate surface area is 175 Å². The molecule has 0 spiro atoms. The molecule has 0 fully saturated rings. The van der Waals surface area contributed by atoms with Gasteiger partial charge >= 0.3 is 0 Å². The van der Waals surface area contributed by atoms with E-state index in [9.17, 15) is 0 Å². The summed E-state index contributed by atoms with van der Waals surface area (Å²) in [4.78, 5) is 1.27. The molecule has 28 heavy (non-hydrogen) atoms. The van der Waals surface area contributed by atoms with E-state index in [0.717, 1.165) is 5.69 Å². The molecule has 0 aliphatic rings. The van der Waals surface area contributed by atoms with Crippen molar-refractivity contribution in [2.45, 2.75) is 23.6 Å². The molecule has 142 valence electrons. The Morgan fingerprint density at radius 3 is 2.46 bits per heavy atom. The Balaban J connectivity index is 1.34. The number of halogens is 1. The van der Waals surface area contributed by atoms with Crippen LogP contribution in [0.2, 0.25) is 0 Å². The van der Waals surface area contributed by atoms with Gasteiger partial charge in [0, 0.05) is 15.8 Å². The van der Waals surface area contributed by atoms with Gasteiger partial charge in [-0.3, -0.25) is 0 Å². The maximum absolute atomic E-state index is 5.63. The number of anilines is 1. The van der Waals surface area contributed by atoms with Crippen LogP contribution in [0.5, 0.6) is 0 Å². The third-order valence-electron chi connectivity index (χ3n) is 4.13. The van der Waals surface area contributed by atoms with E-state index < -0.39 is 0 Å². The first kappa shape index (κ1) is 18.8. The number of benzene rings is 2. The van der Waals surface area contributed by atoms with Crippen molar-refractivity contribution in [2.75, 3.05) is 5.32 Å². The highest BCUT2D eigenvalue weighted by Crippen LogP contribution is 2.34. The smallest absolute Gasteiger partial charge is 0.283 e. The van der Waals surface area contributed by atoms with E-state index in [1.54, 1.807) is 12.1 Å². The summed E-state index contributed by atoms with van der Waals surface area (Å²) in [5.74, 6) is 1.41. The van der Waals surface area contributed by atoms with E-state index in [4.69, 9.17) is 8.83 Å². The number of hydrogen-bond acceptors (Lipinski definition) is 6. The lowest BCUT2D eigenvalue weighted by molar-refractivity contribution is 0.479. The summed E-state index contributed by atoms with van der Waals surface area (Å²) in [6.07, 6.45) is 0. The molecule has 2 aromatic heterocycles. The number of aromatic nitrogens is 2. The zero-order valence-corrected chi connectivity index (χ0v) is 17.5. The van der Waals surface area contributed by atoms with Crippen LogP contribution in [0, 0.1) is 0 Å². The molecular formula is C21H18BrN3O2S. The fraction of sp³-hybridized carbons (Fsp3) is 0.143. The van der Waals surface area contributed by atoms with Gasteiger partial charge in [-0.25, -0.2) is 0 Å². The third kappa shape index (κ3) is 4.66. The summed E-state index contributed by atoms with van der Waals surface area (Å²) in [7, 11) is 0. The van der Waals surface area contributed by atoms with Crippen molar-refractivity contribution in [1.82, 2.24) is 10.2 Å². The first-order valence-electron chi connectivity index (χ1n) is 8.81. The van der Waals surface area contributed by atoms with E-state index >= 15 is 0 Å². The molecule has 1 unspecified atom stereocenters. The van der Waals surface area contributed by atoms with Crippen LogP contribution < -0.4 is 5.32 Å². The highest BCUT2D eigenvalue weighted by Gasteiger charge is 2.12. The van der Waals surface area contributed by atoms with Gasteiger partial charge in [0.25, 0.3) is 5.89 Å². The lowest BCUT2D eigenvalue weighted by atomic mass is 10.1. The van der Waals surface area contributed by atoms with E-state index in [2.05, 4.69) is 86.9 Å². The highest BCUT2D eigenvalue weighted by molar-refractivity contribution is 9.10. The largest absolute Gasteiger partial charge is 0.444 e. The van der Waals surface area contributed by atoms with E-state index in [0.29, 0.717) is 34.0 Å². The lowest BCUT2D eigenvalue weighted by Gasteiger charge is -2.12.